The average molecular weight is 563 g/mol. The predicted molar refractivity (Wildman–Crippen MR) is 148 cm³/mol. The molecule has 3 aromatic carbocycles. The van der Waals surface area contributed by atoms with Crippen molar-refractivity contribution in [3.63, 3.8) is 0 Å². The molecule has 196 valence electrons. The summed E-state index contributed by atoms with van der Waals surface area (Å²) < 4.78 is 26.5. The fourth-order valence-corrected chi connectivity index (χ4v) is 5.33. The monoisotopic (exact) mass is 561 g/mol. The highest BCUT2D eigenvalue weighted by atomic mass is 35.5. The van der Waals surface area contributed by atoms with Gasteiger partial charge >= 0.3 is 0 Å². The number of amides is 2. The topological polar surface area (TPSA) is 86.8 Å². The molecule has 37 heavy (non-hydrogen) atoms. The lowest BCUT2D eigenvalue weighted by molar-refractivity contribution is -0.139. The number of nitrogens with one attached hydrogen (secondary N) is 1. The third-order valence-electron chi connectivity index (χ3n) is 5.88. The second-order valence-corrected chi connectivity index (χ2v) is 11.4. The number of hydrogen-bond donors (Lipinski definition) is 1. The Morgan fingerprint density at radius 2 is 1.57 bits per heavy atom. The molecule has 0 aliphatic heterocycles. The molecule has 2 amide bonds. The molecule has 0 spiro atoms. The van der Waals surface area contributed by atoms with Crippen molar-refractivity contribution in [1.29, 1.82) is 0 Å². The minimum atomic E-state index is -3.83. The van der Waals surface area contributed by atoms with E-state index in [0.29, 0.717) is 21.3 Å². The summed E-state index contributed by atoms with van der Waals surface area (Å²) in [4.78, 5) is 28.3. The Bertz CT molecular complexity index is 1350. The highest BCUT2D eigenvalue weighted by Crippen LogP contribution is 2.28. The van der Waals surface area contributed by atoms with Gasteiger partial charge in [-0.15, -0.1) is 0 Å². The van der Waals surface area contributed by atoms with Gasteiger partial charge in [-0.3, -0.25) is 13.9 Å². The van der Waals surface area contributed by atoms with E-state index < -0.39 is 34.4 Å². The number of likely N-dealkylation sites (N-methyl/N-ethyl adjacent to an activating group) is 1. The molecule has 0 aliphatic carbocycles. The number of carbonyl (C=O) groups is 2. The van der Waals surface area contributed by atoms with Crippen molar-refractivity contribution in [2.24, 2.45) is 0 Å². The number of benzene rings is 3. The van der Waals surface area contributed by atoms with Crippen molar-refractivity contribution in [3.8, 4) is 0 Å². The number of nitrogens with zero attached hydrogens (tertiary/aromatic N) is 2. The van der Waals surface area contributed by atoms with Crippen molar-refractivity contribution >= 4 is 50.7 Å². The number of aryl methyl sites for hydroxylation is 1. The smallest absolute Gasteiger partial charge is 0.244 e. The average Bonchev–Trinajstić information content (AvgIpc) is 2.85. The lowest BCUT2D eigenvalue weighted by Gasteiger charge is -2.33. The first kappa shape index (κ1) is 28.5. The molecule has 0 aromatic heterocycles. The summed E-state index contributed by atoms with van der Waals surface area (Å²) >= 11 is 12.8. The fourth-order valence-electron chi connectivity index (χ4n) is 3.97. The maximum atomic E-state index is 13.9. The summed E-state index contributed by atoms with van der Waals surface area (Å²) in [5.74, 6) is -0.978. The van der Waals surface area contributed by atoms with E-state index in [2.05, 4.69) is 5.32 Å². The first-order valence-electron chi connectivity index (χ1n) is 11.5. The molecule has 3 aromatic rings. The van der Waals surface area contributed by atoms with Crippen molar-refractivity contribution in [2.45, 2.75) is 25.9 Å². The maximum Gasteiger partial charge on any atom is 0.244 e. The molecule has 0 saturated carbocycles. The summed E-state index contributed by atoms with van der Waals surface area (Å²) in [6.45, 7) is 1.24. The molecular formula is C27H29Cl2N3O4S. The molecule has 0 bridgehead atoms. The number of carbonyl (C=O) groups excluding carboxylic acids is 2. The van der Waals surface area contributed by atoms with E-state index in [1.807, 2.05) is 43.3 Å². The maximum absolute atomic E-state index is 13.9. The van der Waals surface area contributed by atoms with Crippen LogP contribution in [0.5, 0.6) is 0 Å². The lowest BCUT2D eigenvalue weighted by atomic mass is 10.0. The largest absolute Gasteiger partial charge is 0.357 e. The first-order valence-corrected chi connectivity index (χ1v) is 14.1. The summed E-state index contributed by atoms with van der Waals surface area (Å²) in [5, 5.41) is 3.29. The van der Waals surface area contributed by atoms with Gasteiger partial charge in [0.2, 0.25) is 21.8 Å². The second-order valence-electron chi connectivity index (χ2n) is 8.65. The molecule has 10 heteroatoms. The van der Waals surface area contributed by atoms with Crippen LogP contribution in [0.1, 0.15) is 16.7 Å². The molecule has 0 heterocycles. The molecular weight excluding hydrogens is 533 g/mol. The highest BCUT2D eigenvalue weighted by Gasteiger charge is 2.33. The Hall–Kier alpha value is -3.07. The van der Waals surface area contributed by atoms with E-state index in [4.69, 9.17) is 23.2 Å². The minimum absolute atomic E-state index is 0.0896. The van der Waals surface area contributed by atoms with Crippen LogP contribution in [0.4, 0.5) is 5.69 Å². The summed E-state index contributed by atoms with van der Waals surface area (Å²) in [7, 11) is -2.34. The van der Waals surface area contributed by atoms with Gasteiger partial charge in [0.1, 0.15) is 12.6 Å². The number of rotatable bonds is 10. The third kappa shape index (κ3) is 7.47. The molecule has 0 aliphatic rings. The Morgan fingerprint density at radius 1 is 0.946 bits per heavy atom. The van der Waals surface area contributed by atoms with Crippen LogP contribution in [0.2, 0.25) is 10.0 Å². The van der Waals surface area contributed by atoms with Crippen LogP contribution < -0.4 is 9.62 Å². The van der Waals surface area contributed by atoms with Crippen molar-refractivity contribution in [1.82, 2.24) is 10.2 Å². The second kappa shape index (κ2) is 12.4. The zero-order valence-electron chi connectivity index (χ0n) is 20.8. The van der Waals surface area contributed by atoms with E-state index in [1.165, 1.54) is 11.9 Å². The van der Waals surface area contributed by atoms with Gasteiger partial charge < -0.3 is 10.2 Å². The van der Waals surface area contributed by atoms with Crippen LogP contribution in [0.15, 0.2) is 72.8 Å². The van der Waals surface area contributed by atoms with Crippen LogP contribution >= 0.6 is 23.2 Å². The van der Waals surface area contributed by atoms with E-state index >= 15 is 0 Å². The molecule has 7 nitrogen and oxygen atoms in total. The summed E-state index contributed by atoms with van der Waals surface area (Å²) in [5.41, 5.74) is 2.48. The number of halogens is 2. The molecule has 3 rings (SSSR count). The van der Waals surface area contributed by atoms with Crippen LogP contribution in [0.3, 0.4) is 0 Å². The quantitative estimate of drug-likeness (QED) is 0.396. The molecule has 1 N–H and O–H groups in total. The van der Waals surface area contributed by atoms with E-state index in [1.54, 1.807) is 36.4 Å². The molecule has 0 saturated heterocycles. The predicted octanol–water partition coefficient (Wildman–Crippen LogP) is 4.45. The SMILES string of the molecule is CNC(=O)[C@H](Cc1ccccc1)N(Cc1c(Cl)cccc1Cl)C(=O)CN(c1cccc(C)c1)S(C)(=O)=O. The number of sulfonamides is 1. The van der Waals surface area contributed by atoms with Gasteiger partial charge in [-0.2, -0.15) is 0 Å². The lowest BCUT2D eigenvalue weighted by Crippen LogP contribution is -2.53. The fraction of sp³-hybridized carbons (Fsp3) is 0.259. The van der Waals surface area contributed by atoms with Crippen molar-refractivity contribution < 1.29 is 18.0 Å². The van der Waals surface area contributed by atoms with Gasteiger partial charge in [-0.25, -0.2) is 8.42 Å². The van der Waals surface area contributed by atoms with Crippen molar-refractivity contribution in [2.75, 3.05) is 24.2 Å². The molecule has 0 unspecified atom stereocenters. The van der Waals surface area contributed by atoms with Crippen molar-refractivity contribution in [3.05, 3.63) is 99.5 Å². The minimum Gasteiger partial charge on any atom is -0.357 e. The molecule has 0 radical (unpaired) electrons. The van der Waals surface area contributed by atoms with Gasteiger partial charge in [-0.1, -0.05) is 71.7 Å². The van der Waals surface area contributed by atoms with Gasteiger partial charge in [0.05, 0.1) is 11.9 Å². The van der Waals surface area contributed by atoms with E-state index in [9.17, 15) is 18.0 Å². The highest BCUT2D eigenvalue weighted by molar-refractivity contribution is 7.92. The van der Waals surface area contributed by atoms with E-state index in [-0.39, 0.29) is 13.0 Å². The third-order valence-corrected chi connectivity index (χ3v) is 7.73. The Kier molecular flexibility index (Phi) is 9.59. The Labute approximate surface area is 228 Å². The first-order chi connectivity index (χ1) is 17.5. The zero-order chi connectivity index (χ0) is 27.2. The van der Waals surface area contributed by atoms with Gasteiger partial charge in [-0.05, 0) is 42.3 Å². The normalized spacial score (nSPS) is 12.0. The Balaban J connectivity index is 2.07. The number of hydrogen-bond acceptors (Lipinski definition) is 4. The summed E-state index contributed by atoms with van der Waals surface area (Å²) in [6, 6.07) is 20.1. The van der Waals surface area contributed by atoms with Gasteiger partial charge in [0, 0.05) is 35.6 Å². The molecule has 0 fully saturated rings. The zero-order valence-corrected chi connectivity index (χ0v) is 23.1. The van der Waals surface area contributed by atoms with E-state index in [0.717, 1.165) is 21.7 Å². The van der Waals surface area contributed by atoms with Crippen LogP contribution in [0.25, 0.3) is 0 Å². The molecule has 1 atom stereocenters. The Morgan fingerprint density at radius 3 is 2.14 bits per heavy atom. The van der Waals surface area contributed by atoms with Gasteiger partial charge in [0.15, 0.2) is 0 Å². The number of anilines is 1. The van der Waals surface area contributed by atoms with Crippen LogP contribution in [-0.2, 0) is 32.6 Å². The van der Waals surface area contributed by atoms with Crippen LogP contribution in [0, 0.1) is 6.92 Å². The van der Waals surface area contributed by atoms with Gasteiger partial charge in [0.25, 0.3) is 0 Å². The standard InChI is InChI=1S/C27H29Cl2N3O4S/c1-19-9-7-12-21(15-19)32(37(3,35)36)18-26(33)31(17-22-23(28)13-8-14-24(22)29)25(27(34)30-2)16-20-10-5-4-6-11-20/h4-15,25H,16-18H2,1-3H3,(H,30,34)/t25-/m0/s1. The summed E-state index contributed by atoms with van der Waals surface area (Å²) in [6.07, 6.45) is 1.25. The van der Waals surface area contributed by atoms with Crippen LogP contribution in [-0.4, -0.2) is 51.0 Å².